The van der Waals surface area contributed by atoms with Gasteiger partial charge in [0.05, 0.1) is 12.9 Å². The van der Waals surface area contributed by atoms with Crippen LogP contribution in [0.15, 0.2) is 12.7 Å². The zero-order valence-corrected chi connectivity index (χ0v) is 9.72. The molecule has 1 aliphatic rings. The maximum atomic E-state index is 14.0. The molecule has 1 fully saturated rings. The number of alkyl halides is 1. The average Bonchev–Trinajstić information content (AvgIpc) is 2.94. The first-order valence-corrected chi connectivity index (χ1v) is 5.65. The molecule has 2 aromatic rings. The number of aromatic nitrogens is 4. The highest BCUT2D eigenvalue weighted by Gasteiger charge is 2.45. The molecule has 19 heavy (non-hydrogen) atoms. The standard InChI is InChI=1S/C10H12FN5O3/c11-5-7(18)4(1-17)19-10(5)16-3-15-6-8(12)13-2-14-9(6)16/h2-5,7,10,17-18H,1H2,(H2,12,13,14)/t4-,5+,7-,10-/m0/s1. The van der Waals surface area contributed by atoms with E-state index in [9.17, 15) is 9.50 Å². The topological polar surface area (TPSA) is 119 Å². The number of rotatable bonds is 2. The summed E-state index contributed by atoms with van der Waals surface area (Å²) in [6.07, 6.45) is -2.61. The van der Waals surface area contributed by atoms with Gasteiger partial charge in [-0.1, -0.05) is 0 Å². The third kappa shape index (κ3) is 1.74. The van der Waals surface area contributed by atoms with Crippen LogP contribution in [-0.4, -0.2) is 54.7 Å². The Morgan fingerprint density at radius 2 is 2.21 bits per heavy atom. The van der Waals surface area contributed by atoms with Gasteiger partial charge in [-0.05, 0) is 0 Å². The van der Waals surface area contributed by atoms with Crippen molar-refractivity contribution in [2.45, 2.75) is 24.6 Å². The summed E-state index contributed by atoms with van der Waals surface area (Å²) in [4.78, 5) is 11.8. The van der Waals surface area contributed by atoms with Crippen LogP contribution in [0.25, 0.3) is 11.2 Å². The van der Waals surface area contributed by atoms with Crippen LogP contribution in [0.3, 0.4) is 0 Å². The molecule has 0 aromatic carbocycles. The van der Waals surface area contributed by atoms with Crippen LogP contribution >= 0.6 is 0 Å². The number of hydrogen-bond acceptors (Lipinski definition) is 7. The Morgan fingerprint density at radius 3 is 2.89 bits per heavy atom. The Labute approximate surface area is 106 Å². The summed E-state index contributed by atoms with van der Waals surface area (Å²) >= 11 is 0. The van der Waals surface area contributed by atoms with Gasteiger partial charge < -0.3 is 20.7 Å². The maximum Gasteiger partial charge on any atom is 0.173 e. The van der Waals surface area contributed by atoms with E-state index in [1.165, 1.54) is 17.2 Å². The van der Waals surface area contributed by atoms with Gasteiger partial charge in [-0.2, -0.15) is 0 Å². The number of fused-ring (bicyclic) bond motifs is 1. The van der Waals surface area contributed by atoms with Gasteiger partial charge in [0.2, 0.25) is 0 Å². The minimum atomic E-state index is -1.69. The molecule has 9 heteroatoms. The Morgan fingerprint density at radius 1 is 1.42 bits per heavy atom. The fourth-order valence-electron chi connectivity index (χ4n) is 2.13. The lowest BCUT2D eigenvalue weighted by atomic mass is 10.1. The maximum absolute atomic E-state index is 14.0. The minimum Gasteiger partial charge on any atom is -0.394 e. The molecule has 0 unspecified atom stereocenters. The summed E-state index contributed by atoms with van der Waals surface area (Å²) in [7, 11) is 0. The van der Waals surface area contributed by atoms with Crippen molar-refractivity contribution in [3.05, 3.63) is 12.7 Å². The Kier molecular flexibility index (Phi) is 2.81. The summed E-state index contributed by atoms with van der Waals surface area (Å²) in [5, 5.41) is 18.6. The lowest BCUT2D eigenvalue weighted by Gasteiger charge is -2.14. The van der Waals surface area contributed by atoms with Crippen LogP contribution < -0.4 is 5.73 Å². The zero-order valence-electron chi connectivity index (χ0n) is 9.72. The highest BCUT2D eigenvalue weighted by atomic mass is 19.1. The second kappa shape index (κ2) is 4.37. The van der Waals surface area contributed by atoms with Gasteiger partial charge in [0.1, 0.15) is 24.1 Å². The van der Waals surface area contributed by atoms with Crippen molar-refractivity contribution in [2.24, 2.45) is 0 Å². The molecular weight excluding hydrogens is 257 g/mol. The molecule has 3 rings (SSSR count). The summed E-state index contributed by atoms with van der Waals surface area (Å²) in [6.45, 7) is -0.470. The van der Waals surface area contributed by atoms with Crippen LogP contribution in [0.1, 0.15) is 6.23 Å². The molecular formula is C10H12FN5O3. The first-order valence-electron chi connectivity index (χ1n) is 5.65. The molecule has 102 valence electrons. The molecule has 1 aliphatic heterocycles. The number of imidazole rings is 1. The zero-order chi connectivity index (χ0) is 13.6. The molecule has 1 saturated heterocycles. The number of aliphatic hydroxyl groups excluding tert-OH is 2. The molecule has 8 nitrogen and oxygen atoms in total. The Hall–Kier alpha value is -1.84. The van der Waals surface area contributed by atoms with Gasteiger partial charge in [0.15, 0.2) is 23.9 Å². The number of ether oxygens (including phenoxy) is 1. The number of nitrogens with zero attached hydrogens (tertiary/aromatic N) is 4. The summed E-state index contributed by atoms with van der Waals surface area (Å²) in [5.41, 5.74) is 6.28. The van der Waals surface area contributed by atoms with Crippen LogP contribution in [0.4, 0.5) is 10.2 Å². The molecule has 0 saturated carbocycles. The molecule has 0 spiro atoms. The number of nitrogen functional groups attached to an aromatic ring is 1. The van der Waals surface area contributed by atoms with E-state index in [4.69, 9.17) is 15.6 Å². The second-order valence-electron chi connectivity index (χ2n) is 4.27. The smallest absolute Gasteiger partial charge is 0.173 e. The number of aliphatic hydroxyl groups is 2. The number of anilines is 1. The average molecular weight is 269 g/mol. The fourth-order valence-corrected chi connectivity index (χ4v) is 2.13. The lowest BCUT2D eigenvalue weighted by molar-refractivity contribution is -0.0459. The van der Waals surface area contributed by atoms with E-state index in [-0.39, 0.29) is 5.82 Å². The second-order valence-corrected chi connectivity index (χ2v) is 4.27. The van der Waals surface area contributed by atoms with E-state index >= 15 is 0 Å². The Bertz CT molecular complexity index is 606. The first kappa shape index (κ1) is 12.2. The van der Waals surface area contributed by atoms with Crippen molar-refractivity contribution in [1.29, 1.82) is 0 Å². The molecule has 0 bridgehead atoms. The predicted molar refractivity (Wildman–Crippen MR) is 61.6 cm³/mol. The number of halogens is 1. The predicted octanol–water partition coefficient (Wildman–Crippen LogP) is -1.00. The normalized spacial score (nSPS) is 31.1. The summed E-state index contributed by atoms with van der Waals surface area (Å²) in [6, 6.07) is 0. The van der Waals surface area contributed by atoms with Gasteiger partial charge in [0.25, 0.3) is 0 Å². The van der Waals surface area contributed by atoms with Gasteiger partial charge >= 0.3 is 0 Å². The monoisotopic (exact) mass is 269 g/mol. The van der Waals surface area contributed by atoms with E-state index in [1.54, 1.807) is 0 Å². The highest BCUT2D eigenvalue weighted by Crippen LogP contribution is 2.33. The van der Waals surface area contributed by atoms with Crippen molar-refractivity contribution < 1.29 is 19.3 Å². The summed E-state index contributed by atoms with van der Waals surface area (Å²) < 4.78 is 20.6. The van der Waals surface area contributed by atoms with Gasteiger partial charge in [-0.3, -0.25) is 4.57 Å². The van der Waals surface area contributed by atoms with Gasteiger partial charge in [-0.15, -0.1) is 0 Å². The largest absolute Gasteiger partial charge is 0.394 e. The quantitative estimate of drug-likeness (QED) is 0.639. The van der Waals surface area contributed by atoms with E-state index in [2.05, 4.69) is 15.0 Å². The number of nitrogens with two attached hydrogens (primary N) is 1. The van der Waals surface area contributed by atoms with Gasteiger partial charge in [-0.25, -0.2) is 19.3 Å². The van der Waals surface area contributed by atoms with Crippen LogP contribution in [-0.2, 0) is 4.74 Å². The van der Waals surface area contributed by atoms with E-state index in [0.29, 0.717) is 11.2 Å². The van der Waals surface area contributed by atoms with Gasteiger partial charge in [0, 0.05) is 0 Å². The number of hydrogen-bond donors (Lipinski definition) is 3. The molecule has 0 aliphatic carbocycles. The Balaban J connectivity index is 2.04. The van der Waals surface area contributed by atoms with Crippen molar-refractivity contribution in [1.82, 2.24) is 19.5 Å². The van der Waals surface area contributed by atoms with E-state index in [0.717, 1.165) is 0 Å². The fraction of sp³-hybridized carbons (Fsp3) is 0.500. The highest BCUT2D eigenvalue weighted by molar-refractivity contribution is 5.81. The summed E-state index contributed by atoms with van der Waals surface area (Å²) in [5.74, 6) is 0.177. The van der Waals surface area contributed by atoms with Crippen LogP contribution in [0, 0.1) is 0 Å². The molecule has 2 aromatic heterocycles. The van der Waals surface area contributed by atoms with Crippen molar-refractivity contribution in [3.8, 4) is 0 Å². The molecule has 4 atom stereocenters. The van der Waals surface area contributed by atoms with Crippen LogP contribution in [0.5, 0.6) is 0 Å². The third-order valence-corrected chi connectivity index (χ3v) is 3.13. The first-order chi connectivity index (χ1) is 9.13. The minimum absolute atomic E-state index is 0.177. The third-order valence-electron chi connectivity index (χ3n) is 3.13. The van der Waals surface area contributed by atoms with Crippen molar-refractivity contribution >= 4 is 17.0 Å². The van der Waals surface area contributed by atoms with Crippen molar-refractivity contribution in [2.75, 3.05) is 12.3 Å². The molecule has 0 radical (unpaired) electrons. The van der Waals surface area contributed by atoms with Crippen molar-refractivity contribution in [3.63, 3.8) is 0 Å². The lowest BCUT2D eigenvalue weighted by Crippen LogP contribution is -2.30. The molecule has 0 amide bonds. The van der Waals surface area contributed by atoms with E-state index in [1.807, 2.05) is 0 Å². The van der Waals surface area contributed by atoms with Crippen LogP contribution in [0.2, 0.25) is 0 Å². The molecule has 4 N–H and O–H groups in total. The SMILES string of the molecule is Nc1ncnc2c1ncn2[C@H]1O[C@@H](CO)[C@H](O)[C@H]1F. The van der Waals surface area contributed by atoms with E-state index < -0.39 is 31.2 Å². The molecule has 3 heterocycles.